The fourth-order valence-electron chi connectivity index (χ4n) is 6.62. The Bertz CT molecular complexity index is 1390. The highest BCUT2D eigenvalue weighted by molar-refractivity contribution is 6.38. The van der Waals surface area contributed by atoms with Crippen LogP contribution < -0.4 is 21.3 Å². The molecule has 13 heteroatoms. The number of nitrogens with zero attached hydrogens (tertiary/aromatic N) is 2. The molecular weight excluding hydrogens is 616 g/mol. The molecule has 2 aliphatic heterocycles. The number of likely N-dealkylation sites (tertiary alicyclic amines) is 1. The normalized spacial score (nSPS) is 23.5. The lowest BCUT2D eigenvalue weighted by Gasteiger charge is -2.35. The number of hydrogen-bond donors (Lipinski definition) is 4. The van der Waals surface area contributed by atoms with Crippen LogP contribution in [-0.2, 0) is 35.3 Å². The van der Waals surface area contributed by atoms with Crippen molar-refractivity contribution < 1.29 is 33.5 Å². The highest BCUT2D eigenvalue weighted by Gasteiger charge is 2.55. The smallest absolute Gasteiger partial charge is 0.408 e. The first-order chi connectivity index (χ1) is 22.9. The molecule has 1 aromatic rings. The minimum absolute atomic E-state index is 0.00590. The molecule has 0 aromatic heterocycles. The molecule has 13 nitrogen and oxygen atoms in total. The van der Waals surface area contributed by atoms with Gasteiger partial charge in [-0.2, -0.15) is 0 Å². The minimum atomic E-state index is -1.04. The molecule has 0 radical (unpaired) electrons. The molecule has 1 saturated heterocycles. The fourth-order valence-corrected chi connectivity index (χ4v) is 6.62. The average molecular weight is 667 g/mol. The number of amides is 4. The van der Waals surface area contributed by atoms with Crippen LogP contribution in [0.5, 0.6) is 0 Å². The number of amidine groups is 1. The number of ether oxygens (including phenoxy) is 1. The van der Waals surface area contributed by atoms with E-state index in [9.17, 15) is 24.0 Å². The molecule has 1 aromatic carbocycles. The van der Waals surface area contributed by atoms with E-state index in [-0.39, 0.29) is 31.5 Å². The molecule has 4 amide bonds. The van der Waals surface area contributed by atoms with Crippen molar-refractivity contribution in [3.63, 3.8) is 0 Å². The van der Waals surface area contributed by atoms with Gasteiger partial charge in [0, 0.05) is 19.0 Å². The second kappa shape index (κ2) is 14.9. The summed E-state index contributed by atoms with van der Waals surface area (Å²) < 4.78 is 5.63. The zero-order chi connectivity index (χ0) is 34.5. The third kappa shape index (κ3) is 8.84. The van der Waals surface area contributed by atoms with Crippen LogP contribution >= 0.6 is 0 Å². The molecule has 262 valence electrons. The lowest BCUT2D eigenvalue weighted by Crippen LogP contribution is -2.59. The maximum Gasteiger partial charge on any atom is 0.408 e. The Morgan fingerprint density at radius 1 is 1.04 bits per heavy atom. The standard InChI is InChI=1S/C35H50N6O7/c1-5-11-25(28(42)31(44)37-23-16-17-23)38-30(43)26-18-35(19-27(40-48-35)36-20-22-12-7-6-8-13-22)21-41(26)32(45)29(34(2,3)4)39-33(46)47-24-14-9-10-15-24/h6-8,12-13,23-26,29H,5,9-11,14-21H2,1-4H3,(H,36,40)(H,37,44)(H,38,43)(H,39,46)/t25-,26-,29+,35-/m0/s1. The number of alkyl carbamates (subject to hydrolysis) is 1. The fraction of sp³-hybridized carbons (Fsp3) is 0.657. The molecule has 4 aliphatic rings. The predicted molar refractivity (Wildman–Crippen MR) is 177 cm³/mol. The number of hydrogen-bond acceptors (Lipinski definition) is 9. The molecule has 5 rings (SSSR count). The number of ketones is 1. The summed E-state index contributed by atoms with van der Waals surface area (Å²) in [5.74, 6) is -1.87. The quantitative estimate of drug-likeness (QED) is 0.247. The predicted octanol–water partition coefficient (Wildman–Crippen LogP) is 3.07. The van der Waals surface area contributed by atoms with Gasteiger partial charge in [0.25, 0.3) is 5.91 Å². The maximum absolute atomic E-state index is 14.4. The van der Waals surface area contributed by atoms with Gasteiger partial charge >= 0.3 is 6.09 Å². The van der Waals surface area contributed by atoms with Gasteiger partial charge in [-0.15, -0.1) is 0 Å². The van der Waals surface area contributed by atoms with E-state index in [1.165, 1.54) is 4.90 Å². The summed E-state index contributed by atoms with van der Waals surface area (Å²) in [6, 6.07) is 6.71. The van der Waals surface area contributed by atoms with Crippen molar-refractivity contribution in [2.24, 2.45) is 10.6 Å². The van der Waals surface area contributed by atoms with Crippen LogP contribution in [0, 0.1) is 5.41 Å². The van der Waals surface area contributed by atoms with E-state index in [0.717, 1.165) is 44.1 Å². The largest absolute Gasteiger partial charge is 0.446 e. The van der Waals surface area contributed by atoms with Gasteiger partial charge in [-0.05, 0) is 55.9 Å². The highest BCUT2D eigenvalue weighted by atomic mass is 16.7. The second-order valence-corrected chi connectivity index (χ2v) is 14.7. The highest BCUT2D eigenvalue weighted by Crippen LogP contribution is 2.39. The molecule has 4 N–H and O–H groups in total. The average Bonchev–Trinajstić information content (AvgIpc) is 3.39. The van der Waals surface area contributed by atoms with Crippen LogP contribution in [0.1, 0.15) is 97.5 Å². The number of carbonyl (C=O) groups excluding carboxylic acids is 5. The van der Waals surface area contributed by atoms with E-state index in [1.807, 2.05) is 58.0 Å². The Kier molecular flexibility index (Phi) is 10.9. The van der Waals surface area contributed by atoms with Gasteiger partial charge in [0.2, 0.25) is 17.6 Å². The first-order valence-electron chi connectivity index (χ1n) is 17.3. The molecule has 4 atom stereocenters. The Labute approximate surface area is 282 Å². The van der Waals surface area contributed by atoms with Crippen LogP contribution in [0.3, 0.4) is 0 Å². The van der Waals surface area contributed by atoms with Gasteiger partial charge in [-0.1, -0.05) is 69.6 Å². The van der Waals surface area contributed by atoms with Crippen LogP contribution in [0.2, 0.25) is 0 Å². The van der Waals surface area contributed by atoms with Gasteiger partial charge in [0.1, 0.15) is 24.0 Å². The van der Waals surface area contributed by atoms with E-state index in [1.54, 1.807) is 0 Å². The molecule has 1 spiro atoms. The number of oxime groups is 1. The van der Waals surface area contributed by atoms with E-state index in [2.05, 4.69) is 26.4 Å². The number of nitrogens with one attached hydrogen (secondary N) is 4. The summed E-state index contributed by atoms with van der Waals surface area (Å²) in [6.45, 7) is 7.92. The lowest BCUT2D eigenvalue weighted by atomic mass is 9.85. The molecule has 2 saturated carbocycles. The molecular formula is C35H50N6O7. The zero-order valence-corrected chi connectivity index (χ0v) is 28.5. The minimum Gasteiger partial charge on any atom is -0.446 e. The Balaban J connectivity index is 1.34. The second-order valence-electron chi connectivity index (χ2n) is 14.7. The van der Waals surface area contributed by atoms with Crippen molar-refractivity contribution in [2.75, 3.05) is 6.54 Å². The van der Waals surface area contributed by atoms with Crippen molar-refractivity contribution in [3.05, 3.63) is 35.9 Å². The van der Waals surface area contributed by atoms with Gasteiger partial charge in [-0.25, -0.2) is 4.79 Å². The molecule has 48 heavy (non-hydrogen) atoms. The summed E-state index contributed by atoms with van der Waals surface area (Å²) in [4.78, 5) is 74.7. The maximum atomic E-state index is 14.4. The molecule has 3 fully saturated rings. The first kappa shape index (κ1) is 35.2. The number of carbonyl (C=O) groups is 5. The number of Topliss-reactive ketones (excluding diaryl/α,β-unsaturated/α-hetero) is 1. The Morgan fingerprint density at radius 3 is 2.40 bits per heavy atom. The zero-order valence-electron chi connectivity index (χ0n) is 28.5. The first-order valence-corrected chi connectivity index (χ1v) is 17.3. The van der Waals surface area contributed by atoms with Crippen LogP contribution in [0.25, 0.3) is 0 Å². The molecule has 0 bridgehead atoms. The summed E-state index contributed by atoms with van der Waals surface area (Å²) in [5, 5.41) is 15.9. The number of rotatable bonds is 12. The Morgan fingerprint density at radius 2 is 1.75 bits per heavy atom. The van der Waals surface area contributed by atoms with Crippen LogP contribution in [-0.4, -0.2) is 82.8 Å². The van der Waals surface area contributed by atoms with Crippen molar-refractivity contribution in [1.29, 1.82) is 0 Å². The molecule has 2 aliphatic carbocycles. The SMILES string of the molecule is CCC[C@H](NC(=O)[C@@H]1C[C@]2(CC(NCc3ccccc3)=NO2)CN1C(=O)[C@@H](NC(=O)OC1CCCC1)C(C)(C)C)C(=O)C(=O)NC1CC1. The van der Waals surface area contributed by atoms with E-state index < -0.39 is 58.7 Å². The van der Waals surface area contributed by atoms with Gasteiger partial charge in [-0.3, -0.25) is 19.2 Å². The third-order valence-corrected chi connectivity index (χ3v) is 9.46. The van der Waals surface area contributed by atoms with Gasteiger partial charge < -0.3 is 35.7 Å². The van der Waals surface area contributed by atoms with Crippen molar-refractivity contribution >= 4 is 35.4 Å². The van der Waals surface area contributed by atoms with Crippen molar-refractivity contribution in [3.8, 4) is 0 Å². The molecule has 2 heterocycles. The van der Waals surface area contributed by atoms with Crippen molar-refractivity contribution in [1.82, 2.24) is 26.2 Å². The third-order valence-electron chi connectivity index (χ3n) is 9.46. The van der Waals surface area contributed by atoms with Gasteiger partial charge in [0.15, 0.2) is 5.60 Å². The van der Waals surface area contributed by atoms with E-state index >= 15 is 0 Å². The topological polar surface area (TPSA) is 168 Å². The monoisotopic (exact) mass is 666 g/mol. The lowest BCUT2D eigenvalue weighted by molar-refractivity contribution is -0.144. The van der Waals surface area contributed by atoms with E-state index in [0.29, 0.717) is 25.2 Å². The molecule has 0 unspecified atom stereocenters. The summed E-state index contributed by atoms with van der Waals surface area (Å²) in [5.41, 5.74) is -0.681. The summed E-state index contributed by atoms with van der Waals surface area (Å²) in [7, 11) is 0. The summed E-state index contributed by atoms with van der Waals surface area (Å²) in [6.07, 6.45) is 5.58. The van der Waals surface area contributed by atoms with Crippen molar-refractivity contribution in [2.45, 2.75) is 134 Å². The summed E-state index contributed by atoms with van der Waals surface area (Å²) >= 11 is 0. The van der Waals surface area contributed by atoms with Gasteiger partial charge in [0.05, 0.1) is 19.0 Å². The van der Waals surface area contributed by atoms with Crippen LogP contribution in [0.15, 0.2) is 35.5 Å². The van der Waals surface area contributed by atoms with E-state index in [4.69, 9.17) is 9.57 Å². The number of benzene rings is 1. The Hall–Kier alpha value is -4.16. The van der Waals surface area contributed by atoms with Crippen LogP contribution in [0.4, 0.5) is 4.79 Å².